The van der Waals surface area contributed by atoms with E-state index in [2.05, 4.69) is 20.8 Å². The van der Waals surface area contributed by atoms with Crippen LogP contribution in [0.2, 0.25) is 0 Å². The Morgan fingerprint density at radius 1 is 1.25 bits per heavy atom. The van der Waals surface area contributed by atoms with Crippen molar-refractivity contribution < 1.29 is 9.13 Å². The van der Waals surface area contributed by atoms with E-state index in [1.165, 1.54) is 18.6 Å². The fourth-order valence-electron chi connectivity index (χ4n) is 2.87. The Bertz CT molecular complexity index is 798. The number of nitrogens with zero attached hydrogens (tertiary/aromatic N) is 3. The number of piperidine rings is 1. The zero-order valence-corrected chi connectivity index (χ0v) is 14.9. The van der Waals surface area contributed by atoms with Crippen molar-refractivity contribution in [3.05, 3.63) is 40.1 Å². The minimum Gasteiger partial charge on any atom is -0.495 e. The van der Waals surface area contributed by atoms with Crippen LogP contribution in [0.3, 0.4) is 0 Å². The maximum Gasteiger partial charge on any atom is 0.141 e. The first-order valence-electron chi connectivity index (χ1n) is 7.83. The summed E-state index contributed by atoms with van der Waals surface area (Å²) in [6, 6.07) is 8.25. The van der Waals surface area contributed by atoms with Crippen molar-refractivity contribution in [2.24, 2.45) is 0 Å². The van der Waals surface area contributed by atoms with E-state index in [4.69, 9.17) is 15.0 Å². The second kappa shape index (κ2) is 7.18. The van der Waals surface area contributed by atoms with Crippen LogP contribution in [0.5, 0.6) is 5.75 Å². The van der Waals surface area contributed by atoms with Crippen LogP contribution < -0.4 is 9.64 Å². The summed E-state index contributed by atoms with van der Waals surface area (Å²) in [5.41, 5.74) is 1.24. The number of hydrogen-bond donors (Lipinski definition) is 0. The monoisotopic (exact) mass is 389 g/mol. The molecule has 0 spiro atoms. The zero-order valence-electron chi connectivity index (χ0n) is 13.4. The molecule has 1 aliphatic heterocycles. The van der Waals surface area contributed by atoms with Gasteiger partial charge in [0.1, 0.15) is 23.5 Å². The third-order valence-electron chi connectivity index (χ3n) is 4.17. The van der Waals surface area contributed by atoms with E-state index in [0.717, 1.165) is 31.7 Å². The molecule has 1 saturated heterocycles. The van der Waals surface area contributed by atoms with Crippen molar-refractivity contribution in [1.82, 2.24) is 4.98 Å². The molecule has 2 aromatic rings. The number of methoxy groups -OCH3 is 1. The van der Waals surface area contributed by atoms with Gasteiger partial charge in [0.2, 0.25) is 0 Å². The van der Waals surface area contributed by atoms with E-state index in [0.29, 0.717) is 21.5 Å². The Morgan fingerprint density at radius 3 is 2.62 bits per heavy atom. The van der Waals surface area contributed by atoms with Crippen LogP contribution >= 0.6 is 15.9 Å². The lowest BCUT2D eigenvalue weighted by molar-refractivity contribution is 0.411. The normalized spacial score (nSPS) is 14.3. The lowest BCUT2D eigenvalue weighted by Crippen LogP contribution is -2.30. The van der Waals surface area contributed by atoms with Crippen LogP contribution in [0.25, 0.3) is 11.3 Å². The number of anilines is 1. The van der Waals surface area contributed by atoms with E-state index < -0.39 is 5.82 Å². The summed E-state index contributed by atoms with van der Waals surface area (Å²) in [6.07, 6.45) is 3.51. The third kappa shape index (κ3) is 3.22. The van der Waals surface area contributed by atoms with Gasteiger partial charge in [-0.1, -0.05) is 6.07 Å². The number of pyridine rings is 1. The van der Waals surface area contributed by atoms with Gasteiger partial charge in [-0.05, 0) is 47.3 Å². The van der Waals surface area contributed by atoms with Crippen LogP contribution in [0.4, 0.5) is 10.2 Å². The molecule has 0 amide bonds. The topological polar surface area (TPSA) is 49.1 Å². The van der Waals surface area contributed by atoms with Gasteiger partial charge in [-0.25, -0.2) is 9.37 Å². The molecule has 24 heavy (non-hydrogen) atoms. The van der Waals surface area contributed by atoms with Gasteiger partial charge in [-0.2, -0.15) is 5.26 Å². The zero-order chi connectivity index (χ0) is 17.1. The Hall–Kier alpha value is -2.13. The molecule has 0 radical (unpaired) electrons. The number of nitriles is 1. The standard InChI is InChI=1S/C18H17BrFN3O/c1-24-15-10-16(23-7-3-2-4-8-23)22-18(17(15)19)12-5-6-13(11-21)14(20)9-12/h5-6,9-10H,2-4,7-8H2,1H3. The molecule has 1 fully saturated rings. The van der Waals surface area contributed by atoms with E-state index in [9.17, 15) is 4.39 Å². The van der Waals surface area contributed by atoms with Crippen molar-refractivity contribution in [3.8, 4) is 23.1 Å². The fraction of sp³-hybridized carbons (Fsp3) is 0.333. The van der Waals surface area contributed by atoms with Gasteiger partial charge >= 0.3 is 0 Å². The number of aromatic nitrogens is 1. The molecule has 0 unspecified atom stereocenters. The molecule has 1 aromatic carbocycles. The Balaban J connectivity index is 2.09. The van der Waals surface area contributed by atoms with Gasteiger partial charge in [-0.3, -0.25) is 0 Å². The number of hydrogen-bond acceptors (Lipinski definition) is 4. The van der Waals surface area contributed by atoms with Crippen molar-refractivity contribution in [3.63, 3.8) is 0 Å². The second-order valence-corrected chi connectivity index (χ2v) is 6.49. The summed E-state index contributed by atoms with van der Waals surface area (Å²) >= 11 is 3.50. The van der Waals surface area contributed by atoms with E-state index in [1.807, 2.05) is 12.1 Å². The van der Waals surface area contributed by atoms with Gasteiger partial charge in [0.15, 0.2) is 0 Å². The Labute approximate surface area is 149 Å². The van der Waals surface area contributed by atoms with Crippen LogP contribution in [0.15, 0.2) is 28.7 Å². The van der Waals surface area contributed by atoms with Gasteiger partial charge in [0.05, 0.1) is 22.8 Å². The van der Waals surface area contributed by atoms with Crippen LogP contribution in [0, 0.1) is 17.1 Å². The number of benzene rings is 1. The SMILES string of the molecule is COc1cc(N2CCCCC2)nc(-c2ccc(C#N)c(F)c2)c1Br. The van der Waals surface area contributed by atoms with Crippen molar-refractivity contribution in [2.75, 3.05) is 25.1 Å². The summed E-state index contributed by atoms with van der Waals surface area (Å²) in [5.74, 6) is 0.936. The van der Waals surface area contributed by atoms with Gasteiger partial charge in [-0.15, -0.1) is 0 Å². The molecule has 0 atom stereocenters. The second-order valence-electron chi connectivity index (χ2n) is 5.70. The molecule has 1 aromatic heterocycles. The molecule has 0 N–H and O–H groups in total. The summed E-state index contributed by atoms with van der Waals surface area (Å²) in [6.45, 7) is 1.91. The highest BCUT2D eigenvalue weighted by Crippen LogP contribution is 2.38. The summed E-state index contributed by atoms with van der Waals surface area (Å²) in [4.78, 5) is 6.95. The van der Waals surface area contributed by atoms with E-state index in [-0.39, 0.29) is 5.56 Å². The minimum absolute atomic E-state index is 0.0222. The number of halogens is 2. The van der Waals surface area contributed by atoms with Crippen LogP contribution in [-0.4, -0.2) is 25.2 Å². The Morgan fingerprint density at radius 2 is 2.00 bits per heavy atom. The highest BCUT2D eigenvalue weighted by molar-refractivity contribution is 9.10. The fourth-order valence-corrected chi connectivity index (χ4v) is 3.47. The Kier molecular flexibility index (Phi) is 5.00. The van der Waals surface area contributed by atoms with Crippen molar-refractivity contribution >= 4 is 21.7 Å². The van der Waals surface area contributed by atoms with E-state index >= 15 is 0 Å². The number of ether oxygens (including phenoxy) is 1. The molecule has 0 bridgehead atoms. The lowest BCUT2D eigenvalue weighted by atomic mass is 10.1. The molecule has 124 valence electrons. The van der Waals surface area contributed by atoms with Gasteiger partial charge in [0.25, 0.3) is 0 Å². The third-order valence-corrected chi connectivity index (χ3v) is 4.94. The summed E-state index contributed by atoms with van der Waals surface area (Å²) in [5, 5.41) is 8.89. The maximum atomic E-state index is 14.0. The highest BCUT2D eigenvalue weighted by Gasteiger charge is 2.19. The largest absolute Gasteiger partial charge is 0.495 e. The minimum atomic E-state index is -0.550. The molecule has 1 aliphatic rings. The van der Waals surface area contributed by atoms with E-state index in [1.54, 1.807) is 13.2 Å². The van der Waals surface area contributed by atoms with Gasteiger partial charge in [0, 0.05) is 24.7 Å². The predicted molar refractivity (Wildman–Crippen MR) is 94.7 cm³/mol. The van der Waals surface area contributed by atoms with Crippen LogP contribution in [0.1, 0.15) is 24.8 Å². The molecule has 6 heteroatoms. The highest BCUT2D eigenvalue weighted by atomic mass is 79.9. The van der Waals surface area contributed by atoms with Crippen LogP contribution in [-0.2, 0) is 0 Å². The molecule has 0 aliphatic carbocycles. The average Bonchev–Trinajstić information content (AvgIpc) is 2.62. The molecule has 4 nitrogen and oxygen atoms in total. The molecule has 2 heterocycles. The molecular weight excluding hydrogens is 373 g/mol. The first-order chi connectivity index (χ1) is 11.6. The van der Waals surface area contributed by atoms with Crippen molar-refractivity contribution in [1.29, 1.82) is 5.26 Å². The van der Waals surface area contributed by atoms with Crippen molar-refractivity contribution in [2.45, 2.75) is 19.3 Å². The first kappa shape index (κ1) is 16.7. The summed E-state index contributed by atoms with van der Waals surface area (Å²) in [7, 11) is 1.60. The molecular formula is C18H17BrFN3O. The average molecular weight is 390 g/mol. The first-order valence-corrected chi connectivity index (χ1v) is 8.63. The predicted octanol–water partition coefficient (Wildman–Crippen LogP) is 4.52. The quantitative estimate of drug-likeness (QED) is 0.773. The summed E-state index contributed by atoms with van der Waals surface area (Å²) < 4.78 is 20.1. The molecule has 0 saturated carbocycles. The lowest BCUT2D eigenvalue weighted by Gasteiger charge is -2.28. The van der Waals surface area contributed by atoms with Gasteiger partial charge < -0.3 is 9.64 Å². The smallest absolute Gasteiger partial charge is 0.141 e. The number of rotatable bonds is 3. The maximum absolute atomic E-state index is 14.0. The molecule has 3 rings (SSSR count).